The van der Waals surface area contributed by atoms with Crippen LogP contribution in [0.4, 0.5) is 0 Å². The highest BCUT2D eigenvalue weighted by molar-refractivity contribution is 5.76. The van der Waals surface area contributed by atoms with E-state index >= 15 is 0 Å². The lowest BCUT2D eigenvalue weighted by atomic mass is 10.0. The van der Waals surface area contributed by atoms with Crippen molar-refractivity contribution in [1.82, 2.24) is 9.80 Å². The zero-order valence-electron chi connectivity index (χ0n) is 13.3. The van der Waals surface area contributed by atoms with Gasteiger partial charge >= 0.3 is 0 Å². The highest BCUT2D eigenvalue weighted by Gasteiger charge is 2.31. The molecule has 1 amide bonds. The Hall–Kier alpha value is -1.12. The molecule has 118 valence electrons. The molecule has 1 atom stereocenters. The Bertz CT molecular complexity index is 389. The smallest absolute Gasteiger partial charge is 0.222 e. The third-order valence-electron chi connectivity index (χ3n) is 4.65. The molecule has 2 rings (SSSR count). The second-order valence-electron chi connectivity index (χ2n) is 6.57. The second-order valence-corrected chi connectivity index (χ2v) is 6.57. The van der Waals surface area contributed by atoms with Crippen molar-refractivity contribution in [2.45, 2.75) is 57.6 Å². The van der Waals surface area contributed by atoms with E-state index in [1.807, 2.05) is 18.7 Å². The van der Waals surface area contributed by atoms with Crippen LogP contribution < -0.4 is 0 Å². The lowest BCUT2D eigenvalue weighted by Crippen LogP contribution is -2.55. The quantitative estimate of drug-likeness (QED) is 0.793. The minimum Gasteiger partial charge on any atom is -0.378 e. The Morgan fingerprint density at radius 3 is 2.57 bits per heavy atom. The second kappa shape index (κ2) is 7.24. The summed E-state index contributed by atoms with van der Waals surface area (Å²) < 4.78 is 5.68. The van der Waals surface area contributed by atoms with Crippen LogP contribution in [0.1, 0.15) is 46.0 Å². The number of amides is 1. The fourth-order valence-electron chi connectivity index (χ4n) is 3.06. The van der Waals surface area contributed by atoms with E-state index in [1.165, 1.54) is 6.42 Å². The van der Waals surface area contributed by atoms with Crippen LogP contribution in [0.3, 0.4) is 0 Å². The molecule has 5 nitrogen and oxygen atoms in total. The van der Waals surface area contributed by atoms with Gasteiger partial charge in [-0.15, -0.1) is 0 Å². The Labute approximate surface area is 127 Å². The molecule has 2 heterocycles. The molecule has 0 aromatic heterocycles. The van der Waals surface area contributed by atoms with Gasteiger partial charge in [-0.3, -0.25) is 9.69 Å². The average molecular weight is 293 g/mol. The van der Waals surface area contributed by atoms with Gasteiger partial charge in [0.2, 0.25) is 5.91 Å². The van der Waals surface area contributed by atoms with Gasteiger partial charge in [0.15, 0.2) is 0 Å². The summed E-state index contributed by atoms with van der Waals surface area (Å²) in [5.74, 6) is 0.235. The Morgan fingerprint density at radius 2 is 2.00 bits per heavy atom. The fourth-order valence-corrected chi connectivity index (χ4v) is 3.06. The normalized spacial score (nSPS) is 24.6. The molecule has 0 aromatic carbocycles. The van der Waals surface area contributed by atoms with Gasteiger partial charge in [0.1, 0.15) is 5.54 Å². The minimum absolute atomic E-state index is 0.235. The summed E-state index contributed by atoms with van der Waals surface area (Å²) >= 11 is 0. The largest absolute Gasteiger partial charge is 0.378 e. The van der Waals surface area contributed by atoms with Crippen LogP contribution in [-0.2, 0) is 9.53 Å². The number of piperazine rings is 1. The molecule has 0 saturated carbocycles. The molecule has 2 fully saturated rings. The molecule has 0 N–H and O–H groups in total. The molecule has 5 heteroatoms. The van der Waals surface area contributed by atoms with E-state index in [0.717, 1.165) is 52.0 Å². The third kappa shape index (κ3) is 4.42. The molecule has 0 radical (unpaired) electrons. The third-order valence-corrected chi connectivity index (χ3v) is 4.65. The van der Waals surface area contributed by atoms with Crippen molar-refractivity contribution >= 4 is 5.91 Å². The van der Waals surface area contributed by atoms with Crippen molar-refractivity contribution in [3.63, 3.8) is 0 Å². The van der Waals surface area contributed by atoms with E-state index in [9.17, 15) is 4.79 Å². The van der Waals surface area contributed by atoms with Crippen LogP contribution in [-0.4, -0.2) is 60.1 Å². The molecule has 0 spiro atoms. The highest BCUT2D eigenvalue weighted by Crippen LogP contribution is 2.19. The molecular weight excluding hydrogens is 266 g/mol. The molecule has 0 bridgehead atoms. The van der Waals surface area contributed by atoms with Gasteiger partial charge in [0.25, 0.3) is 0 Å². The Morgan fingerprint density at radius 1 is 1.29 bits per heavy atom. The lowest BCUT2D eigenvalue weighted by Gasteiger charge is -2.40. The topological polar surface area (TPSA) is 56.6 Å². The molecule has 21 heavy (non-hydrogen) atoms. The number of hydrogen-bond donors (Lipinski definition) is 0. The van der Waals surface area contributed by atoms with Crippen LogP contribution in [0.25, 0.3) is 0 Å². The summed E-state index contributed by atoms with van der Waals surface area (Å²) in [6, 6.07) is 2.33. The van der Waals surface area contributed by atoms with Gasteiger partial charge in [-0.25, -0.2) is 0 Å². The van der Waals surface area contributed by atoms with Crippen LogP contribution in [0, 0.1) is 11.3 Å². The van der Waals surface area contributed by atoms with Crippen molar-refractivity contribution < 1.29 is 9.53 Å². The van der Waals surface area contributed by atoms with Crippen LogP contribution >= 0.6 is 0 Å². The van der Waals surface area contributed by atoms with E-state index < -0.39 is 5.54 Å². The Balaban J connectivity index is 1.72. The van der Waals surface area contributed by atoms with Gasteiger partial charge in [-0.2, -0.15) is 5.26 Å². The minimum atomic E-state index is -0.439. The zero-order valence-corrected chi connectivity index (χ0v) is 13.3. The van der Waals surface area contributed by atoms with E-state index in [4.69, 9.17) is 10.00 Å². The monoisotopic (exact) mass is 293 g/mol. The molecule has 2 aliphatic rings. The highest BCUT2D eigenvalue weighted by atomic mass is 16.5. The van der Waals surface area contributed by atoms with Crippen molar-refractivity contribution in [3.05, 3.63) is 0 Å². The zero-order chi connectivity index (χ0) is 15.3. The number of hydrogen-bond acceptors (Lipinski definition) is 4. The predicted molar refractivity (Wildman–Crippen MR) is 80.7 cm³/mol. The van der Waals surface area contributed by atoms with E-state index in [-0.39, 0.29) is 12.0 Å². The number of rotatable bonds is 4. The molecule has 0 aliphatic carbocycles. The van der Waals surface area contributed by atoms with E-state index in [1.54, 1.807) is 0 Å². The Kier molecular flexibility index (Phi) is 5.60. The van der Waals surface area contributed by atoms with E-state index in [2.05, 4.69) is 11.0 Å². The predicted octanol–water partition coefficient (Wildman–Crippen LogP) is 1.78. The van der Waals surface area contributed by atoms with Gasteiger partial charge in [-0.05, 0) is 39.5 Å². The standard InChI is InChI=1S/C16H27N3O2/c1-16(2,13-17)19-10-8-18(9-11-19)15(20)7-6-14-5-3-4-12-21-14/h14H,3-12H2,1-2H3. The maximum Gasteiger partial charge on any atom is 0.222 e. The molecular formula is C16H27N3O2. The first kappa shape index (κ1) is 16.3. The lowest BCUT2D eigenvalue weighted by molar-refractivity contribution is -0.134. The van der Waals surface area contributed by atoms with Crippen molar-refractivity contribution in [3.8, 4) is 6.07 Å². The van der Waals surface area contributed by atoms with Gasteiger partial charge < -0.3 is 9.64 Å². The van der Waals surface area contributed by atoms with Crippen LogP contribution in [0.2, 0.25) is 0 Å². The van der Waals surface area contributed by atoms with Crippen LogP contribution in [0.5, 0.6) is 0 Å². The van der Waals surface area contributed by atoms with E-state index in [0.29, 0.717) is 6.42 Å². The van der Waals surface area contributed by atoms with Crippen molar-refractivity contribution in [2.75, 3.05) is 32.8 Å². The summed E-state index contributed by atoms with van der Waals surface area (Å²) in [4.78, 5) is 16.3. The SMILES string of the molecule is CC(C)(C#N)N1CCN(C(=O)CCC2CCCCO2)CC1. The molecule has 2 aliphatic heterocycles. The maximum atomic E-state index is 12.3. The number of carbonyl (C=O) groups is 1. The van der Waals surface area contributed by atoms with Gasteiger partial charge in [0.05, 0.1) is 12.2 Å². The first-order valence-corrected chi connectivity index (χ1v) is 8.08. The number of ether oxygens (including phenoxy) is 1. The first-order valence-electron chi connectivity index (χ1n) is 8.08. The maximum absolute atomic E-state index is 12.3. The van der Waals surface area contributed by atoms with Crippen LogP contribution in [0.15, 0.2) is 0 Å². The fraction of sp³-hybridized carbons (Fsp3) is 0.875. The number of nitriles is 1. The number of carbonyl (C=O) groups excluding carboxylic acids is 1. The van der Waals surface area contributed by atoms with Crippen molar-refractivity contribution in [1.29, 1.82) is 5.26 Å². The summed E-state index contributed by atoms with van der Waals surface area (Å²) in [7, 11) is 0. The van der Waals surface area contributed by atoms with Gasteiger partial charge in [-0.1, -0.05) is 0 Å². The van der Waals surface area contributed by atoms with Crippen molar-refractivity contribution in [2.24, 2.45) is 0 Å². The molecule has 1 unspecified atom stereocenters. The van der Waals surface area contributed by atoms with Gasteiger partial charge in [0, 0.05) is 39.2 Å². The summed E-state index contributed by atoms with van der Waals surface area (Å²) in [6.45, 7) is 7.75. The number of nitrogens with zero attached hydrogens (tertiary/aromatic N) is 3. The molecule has 0 aromatic rings. The summed E-state index contributed by atoms with van der Waals surface area (Å²) in [6.07, 6.45) is 5.19. The summed E-state index contributed by atoms with van der Waals surface area (Å²) in [5.41, 5.74) is -0.439. The average Bonchev–Trinajstić information content (AvgIpc) is 2.53. The summed E-state index contributed by atoms with van der Waals surface area (Å²) in [5, 5.41) is 9.16. The first-order chi connectivity index (χ1) is 10.0. The molecule has 2 saturated heterocycles.